The Hall–Kier alpha value is -1.06. The second kappa shape index (κ2) is 13.7. The molecule has 0 aromatic carbocycles. The Morgan fingerprint density at radius 3 is 1.97 bits per heavy atom. The summed E-state index contributed by atoms with van der Waals surface area (Å²) in [5.74, 6) is -2.88. The molecule has 0 aliphatic carbocycles. The molecule has 36 heavy (non-hydrogen) atoms. The van der Waals surface area contributed by atoms with E-state index in [1.807, 2.05) is 27.7 Å². The molecule has 3 heterocycles. The van der Waals surface area contributed by atoms with Crippen molar-refractivity contribution in [3.05, 3.63) is 0 Å². The van der Waals surface area contributed by atoms with Crippen molar-refractivity contribution in [2.45, 2.75) is 154 Å². The third-order valence-corrected chi connectivity index (χ3v) is 7.15. The van der Waals surface area contributed by atoms with Crippen molar-refractivity contribution >= 4 is 11.6 Å². The quantitative estimate of drug-likeness (QED) is 0.216. The highest BCUT2D eigenvalue weighted by atomic mass is 16.8. The normalized spacial score (nSPS) is 29.6. The summed E-state index contributed by atoms with van der Waals surface area (Å²) in [6.07, 6.45) is 16.3. The molecule has 0 radical (unpaired) electrons. The van der Waals surface area contributed by atoms with Crippen molar-refractivity contribution in [3.8, 4) is 0 Å². The summed E-state index contributed by atoms with van der Waals surface area (Å²) in [6.45, 7) is 10.1. The lowest BCUT2D eigenvalue weighted by Gasteiger charge is -2.38. The summed E-state index contributed by atoms with van der Waals surface area (Å²) in [6, 6.07) is 0. The monoisotopic (exact) mass is 510 g/mol. The van der Waals surface area contributed by atoms with E-state index < -0.39 is 23.5 Å². The molecule has 3 aliphatic rings. The van der Waals surface area contributed by atoms with Gasteiger partial charge in [-0.2, -0.15) is 5.10 Å². The Balaban J connectivity index is 1.35. The van der Waals surface area contributed by atoms with Gasteiger partial charge in [0.15, 0.2) is 11.6 Å². The first-order chi connectivity index (χ1) is 17.2. The van der Waals surface area contributed by atoms with E-state index >= 15 is 0 Å². The lowest BCUT2D eigenvalue weighted by Crippen LogP contribution is -2.59. The lowest BCUT2D eigenvalue weighted by molar-refractivity contribution is -0.236. The van der Waals surface area contributed by atoms with E-state index in [1.54, 1.807) is 0 Å². The van der Waals surface area contributed by atoms with Crippen LogP contribution in [0.15, 0.2) is 5.10 Å². The number of amides is 1. The second-order valence-electron chi connectivity index (χ2n) is 11.5. The molecule has 1 spiro atoms. The zero-order valence-electron chi connectivity index (χ0n) is 23.4. The number of unbranched alkanes of at least 4 members (excludes halogenated alkanes) is 12. The molecule has 0 aromatic heterocycles. The van der Waals surface area contributed by atoms with Gasteiger partial charge in [0.2, 0.25) is 11.7 Å². The first-order valence-electron chi connectivity index (χ1n) is 14.4. The molecular formula is C28H50N2O6. The topological polar surface area (TPSA) is 87.6 Å². The van der Waals surface area contributed by atoms with Gasteiger partial charge in [-0.25, -0.2) is 5.43 Å². The van der Waals surface area contributed by atoms with Crippen LogP contribution in [0.1, 0.15) is 125 Å². The molecule has 0 bridgehead atoms. The minimum Gasteiger partial charge on any atom is -0.344 e. The molecule has 3 atom stereocenters. The fraction of sp³-hybridized carbons (Fsp3) is 0.929. The number of hydrazone groups is 1. The van der Waals surface area contributed by atoms with Gasteiger partial charge in [0.25, 0.3) is 0 Å². The maximum atomic E-state index is 12.5. The lowest BCUT2D eigenvalue weighted by atomic mass is 9.98. The van der Waals surface area contributed by atoms with E-state index in [2.05, 4.69) is 17.5 Å². The van der Waals surface area contributed by atoms with Crippen molar-refractivity contribution in [1.29, 1.82) is 0 Å². The maximum absolute atomic E-state index is 12.5. The average Bonchev–Trinajstić information content (AvgIpc) is 3.30. The molecule has 8 heteroatoms. The zero-order chi connectivity index (χ0) is 26.1. The summed E-state index contributed by atoms with van der Waals surface area (Å²) >= 11 is 0. The highest BCUT2D eigenvalue weighted by Gasteiger charge is 2.61. The first kappa shape index (κ1) is 29.5. The molecule has 8 nitrogen and oxygen atoms in total. The van der Waals surface area contributed by atoms with Gasteiger partial charge >= 0.3 is 0 Å². The van der Waals surface area contributed by atoms with Crippen LogP contribution in [0.5, 0.6) is 0 Å². The van der Waals surface area contributed by atoms with Crippen LogP contribution in [0.25, 0.3) is 0 Å². The van der Waals surface area contributed by atoms with Crippen LogP contribution in [0, 0.1) is 0 Å². The van der Waals surface area contributed by atoms with Crippen LogP contribution in [0.2, 0.25) is 0 Å². The number of hydrogen-bond donors (Lipinski definition) is 1. The molecule has 0 saturated carbocycles. The van der Waals surface area contributed by atoms with Gasteiger partial charge in [0.05, 0.1) is 6.61 Å². The van der Waals surface area contributed by atoms with E-state index in [0.29, 0.717) is 18.7 Å². The Labute approximate surface area is 218 Å². The molecule has 1 amide bonds. The average molecular weight is 511 g/mol. The number of hydrogen-bond acceptors (Lipinski definition) is 7. The molecule has 3 aliphatic heterocycles. The van der Waals surface area contributed by atoms with Gasteiger partial charge in [-0.1, -0.05) is 84.0 Å². The standard InChI is InChI=1S/C28H50N2O6/c1-6-7-8-9-10-11-12-13-14-15-16-17-18-19-23(31)29-30-25-24-22(34-27(4,5)35-24)20-32-28(25)21-33-26(2,3)36-28/h22,24H,6-21H2,1-5H3,(H,29,31)/b30-25+/t22-,24-,28-/m1/s1. The van der Waals surface area contributed by atoms with E-state index in [9.17, 15) is 4.79 Å². The first-order valence-corrected chi connectivity index (χ1v) is 14.4. The molecule has 3 fully saturated rings. The Morgan fingerprint density at radius 2 is 1.42 bits per heavy atom. The van der Waals surface area contributed by atoms with Gasteiger partial charge in [-0.3, -0.25) is 4.79 Å². The summed E-state index contributed by atoms with van der Waals surface area (Å²) in [4.78, 5) is 12.5. The van der Waals surface area contributed by atoms with Crippen LogP contribution in [-0.2, 0) is 28.5 Å². The largest absolute Gasteiger partial charge is 0.344 e. The number of carbonyl (C=O) groups is 1. The Bertz CT molecular complexity index is 723. The highest BCUT2D eigenvalue weighted by molar-refractivity contribution is 5.97. The number of ether oxygens (including phenoxy) is 5. The van der Waals surface area contributed by atoms with Crippen LogP contribution >= 0.6 is 0 Å². The summed E-state index contributed by atoms with van der Waals surface area (Å²) in [5.41, 5.74) is 3.18. The third kappa shape index (κ3) is 8.76. The molecular weight excluding hydrogens is 460 g/mol. The van der Waals surface area contributed by atoms with Crippen molar-refractivity contribution in [2.75, 3.05) is 13.2 Å². The van der Waals surface area contributed by atoms with E-state index in [-0.39, 0.29) is 18.6 Å². The van der Waals surface area contributed by atoms with Crippen molar-refractivity contribution in [1.82, 2.24) is 5.43 Å². The number of rotatable bonds is 15. The van der Waals surface area contributed by atoms with Gasteiger partial charge in [-0.15, -0.1) is 0 Å². The van der Waals surface area contributed by atoms with Crippen LogP contribution < -0.4 is 5.43 Å². The van der Waals surface area contributed by atoms with E-state index in [1.165, 1.54) is 70.6 Å². The van der Waals surface area contributed by atoms with Gasteiger partial charge < -0.3 is 23.7 Å². The zero-order valence-corrected chi connectivity index (χ0v) is 23.4. The fourth-order valence-electron chi connectivity index (χ4n) is 5.25. The maximum Gasteiger partial charge on any atom is 0.240 e. The number of nitrogens with zero attached hydrogens (tertiary/aromatic N) is 1. The van der Waals surface area contributed by atoms with Crippen molar-refractivity contribution in [2.24, 2.45) is 5.10 Å². The Kier molecular flexibility index (Phi) is 11.2. The molecule has 0 aromatic rings. The minimum atomic E-state index is -1.18. The molecule has 3 saturated heterocycles. The molecule has 0 unspecified atom stereocenters. The molecule has 3 rings (SSSR count). The predicted molar refractivity (Wildman–Crippen MR) is 140 cm³/mol. The SMILES string of the molecule is CCCCCCCCCCCCCCCC(=O)N/N=C1\[C@@H]2OC(C)(C)O[C@@H]2CO[C@@]12COC(C)(C)O2. The Morgan fingerprint density at radius 1 is 0.833 bits per heavy atom. The van der Waals surface area contributed by atoms with Crippen LogP contribution in [0.3, 0.4) is 0 Å². The molecule has 208 valence electrons. The number of nitrogens with one attached hydrogen (secondary N) is 1. The summed E-state index contributed by atoms with van der Waals surface area (Å²) in [5, 5.41) is 4.45. The third-order valence-electron chi connectivity index (χ3n) is 7.15. The minimum absolute atomic E-state index is 0.112. The highest BCUT2D eigenvalue weighted by Crippen LogP contribution is 2.42. The van der Waals surface area contributed by atoms with Gasteiger partial charge in [0, 0.05) is 6.42 Å². The van der Waals surface area contributed by atoms with Gasteiger partial charge in [0.1, 0.15) is 24.5 Å². The van der Waals surface area contributed by atoms with Crippen LogP contribution in [0.4, 0.5) is 0 Å². The fourth-order valence-corrected chi connectivity index (χ4v) is 5.25. The summed E-state index contributed by atoms with van der Waals surface area (Å²) < 4.78 is 30.0. The summed E-state index contributed by atoms with van der Waals surface area (Å²) in [7, 11) is 0. The van der Waals surface area contributed by atoms with E-state index in [0.717, 1.165) is 12.8 Å². The second-order valence-corrected chi connectivity index (χ2v) is 11.5. The number of carbonyl (C=O) groups excluding carboxylic acids is 1. The van der Waals surface area contributed by atoms with Crippen molar-refractivity contribution < 1.29 is 28.5 Å². The smallest absolute Gasteiger partial charge is 0.240 e. The van der Waals surface area contributed by atoms with Gasteiger partial charge in [-0.05, 0) is 34.1 Å². The van der Waals surface area contributed by atoms with Crippen molar-refractivity contribution in [3.63, 3.8) is 0 Å². The predicted octanol–water partition coefficient (Wildman–Crippen LogP) is 5.97. The number of fused-ring (bicyclic) bond motifs is 1. The molecule has 1 N–H and O–H groups in total. The van der Waals surface area contributed by atoms with Crippen LogP contribution in [-0.4, -0.2) is 54.4 Å². The van der Waals surface area contributed by atoms with E-state index in [4.69, 9.17) is 23.7 Å².